The standard InChI is InChI=1S/C18H21N5O5/c1-9-2-4-10(5-3-9)6-19-18-21-15-12(16(27)22-18)20-8-23(15)17-14(26)13(25)11(7-24)28-17/h2-5,8,11,13-14,17,24-26H,6-7H2,1H3,(H2,19,21,22,27)/t11-,13-,14-,17-/m1/s1. The van der Waals surface area contributed by atoms with Gasteiger partial charge in [0.05, 0.1) is 12.9 Å². The third-order valence-corrected chi connectivity index (χ3v) is 4.80. The van der Waals surface area contributed by atoms with E-state index in [2.05, 4.69) is 20.3 Å². The van der Waals surface area contributed by atoms with E-state index in [9.17, 15) is 20.1 Å². The van der Waals surface area contributed by atoms with Crippen LogP contribution >= 0.6 is 0 Å². The number of hydrogen-bond acceptors (Lipinski definition) is 8. The minimum Gasteiger partial charge on any atom is -0.394 e. The molecule has 3 aromatic rings. The average Bonchev–Trinajstić information content (AvgIpc) is 3.23. The second-order valence-electron chi connectivity index (χ2n) is 6.81. The van der Waals surface area contributed by atoms with Crippen LogP contribution in [0, 0.1) is 6.92 Å². The molecule has 0 radical (unpaired) electrons. The first-order valence-corrected chi connectivity index (χ1v) is 8.86. The van der Waals surface area contributed by atoms with Crippen LogP contribution in [-0.4, -0.2) is 59.8 Å². The van der Waals surface area contributed by atoms with E-state index in [1.807, 2.05) is 31.2 Å². The summed E-state index contributed by atoms with van der Waals surface area (Å²) in [5.74, 6) is 0.242. The molecule has 3 heterocycles. The summed E-state index contributed by atoms with van der Waals surface area (Å²) in [5, 5.41) is 32.5. The van der Waals surface area contributed by atoms with Gasteiger partial charge >= 0.3 is 0 Å². The van der Waals surface area contributed by atoms with Crippen molar-refractivity contribution in [3.63, 3.8) is 0 Å². The van der Waals surface area contributed by atoms with Gasteiger partial charge in [0.2, 0.25) is 5.95 Å². The third kappa shape index (κ3) is 3.27. The van der Waals surface area contributed by atoms with Gasteiger partial charge in [-0.3, -0.25) is 14.3 Å². The van der Waals surface area contributed by atoms with Gasteiger partial charge in [0, 0.05) is 6.54 Å². The molecular formula is C18H21N5O5. The van der Waals surface area contributed by atoms with Crippen molar-refractivity contribution in [3.05, 3.63) is 52.1 Å². The van der Waals surface area contributed by atoms with Crippen LogP contribution in [0.4, 0.5) is 5.95 Å². The maximum Gasteiger partial charge on any atom is 0.280 e. The van der Waals surface area contributed by atoms with E-state index in [0.29, 0.717) is 6.54 Å². The van der Waals surface area contributed by atoms with Crippen molar-refractivity contribution in [2.75, 3.05) is 11.9 Å². The molecule has 4 atom stereocenters. The number of H-pyrrole nitrogens is 1. The van der Waals surface area contributed by atoms with Crippen molar-refractivity contribution in [1.82, 2.24) is 19.5 Å². The Morgan fingerprint density at radius 3 is 2.68 bits per heavy atom. The SMILES string of the molecule is Cc1ccc(CNc2nc3c(ncn3[C@@H]3O[C@H](CO)[C@@H](O)[C@H]3O)c(=O)[nH]2)cc1. The minimum absolute atomic E-state index is 0.0821. The van der Waals surface area contributed by atoms with Crippen LogP contribution in [0.1, 0.15) is 17.4 Å². The summed E-state index contributed by atoms with van der Waals surface area (Å²) in [6, 6.07) is 7.94. The molecule has 1 aromatic carbocycles. The Morgan fingerprint density at radius 1 is 1.25 bits per heavy atom. The van der Waals surface area contributed by atoms with Gasteiger partial charge in [0.25, 0.3) is 5.56 Å². The number of nitrogens with zero attached hydrogens (tertiary/aromatic N) is 3. The molecule has 1 aliphatic rings. The number of imidazole rings is 1. The van der Waals surface area contributed by atoms with Crippen LogP contribution in [0.15, 0.2) is 35.4 Å². The molecule has 5 N–H and O–H groups in total. The molecule has 2 aromatic heterocycles. The zero-order chi connectivity index (χ0) is 19.8. The Morgan fingerprint density at radius 2 is 2.00 bits per heavy atom. The molecule has 10 nitrogen and oxygen atoms in total. The van der Waals surface area contributed by atoms with E-state index in [1.165, 1.54) is 10.9 Å². The molecule has 148 valence electrons. The molecule has 0 saturated carbocycles. The Hall–Kier alpha value is -2.79. The van der Waals surface area contributed by atoms with Crippen molar-refractivity contribution in [2.45, 2.75) is 38.0 Å². The van der Waals surface area contributed by atoms with Gasteiger partial charge in [-0.2, -0.15) is 4.98 Å². The minimum atomic E-state index is -1.29. The summed E-state index contributed by atoms with van der Waals surface area (Å²) < 4.78 is 6.89. The van der Waals surface area contributed by atoms with Gasteiger partial charge in [0.15, 0.2) is 17.4 Å². The number of ether oxygens (including phenoxy) is 1. The molecule has 1 fully saturated rings. The summed E-state index contributed by atoms with van der Waals surface area (Å²) in [5.41, 5.74) is 2.01. The van der Waals surface area contributed by atoms with Crippen LogP contribution in [-0.2, 0) is 11.3 Å². The Labute approximate surface area is 159 Å². The highest BCUT2D eigenvalue weighted by molar-refractivity contribution is 5.71. The fraction of sp³-hybridized carbons (Fsp3) is 0.389. The first-order valence-electron chi connectivity index (χ1n) is 8.86. The number of aromatic amines is 1. The first-order chi connectivity index (χ1) is 13.5. The molecule has 1 saturated heterocycles. The zero-order valence-electron chi connectivity index (χ0n) is 15.1. The van der Waals surface area contributed by atoms with Crippen molar-refractivity contribution >= 4 is 17.1 Å². The molecule has 0 aliphatic carbocycles. The van der Waals surface area contributed by atoms with E-state index in [-0.39, 0.29) is 17.1 Å². The molecule has 0 bridgehead atoms. The molecule has 28 heavy (non-hydrogen) atoms. The van der Waals surface area contributed by atoms with Gasteiger partial charge in [-0.25, -0.2) is 4.98 Å². The molecule has 0 spiro atoms. The Bertz CT molecular complexity index is 1030. The lowest BCUT2D eigenvalue weighted by Gasteiger charge is -2.16. The largest absolute Gasteiger partial charge is 0.394 e. The van der Waals surface area contributed by atoms with E-state index < -0.39 is 36.7 Å². The predicted octanol–water partition coefficient (Wildman–Crippen LogP) is -0.348. The molecule has 0 unspecified atom stereocenters. The van der Waals surface area contributed by atoms with Crippen molar-refractivity contribution in [1.29, 1.82) is 0 Å². The smallest absolute Gasteiger partial charge is 0.280 e. The van der Waals surface area contributed by atoms with Crippen LogP contribution in [0.25, 0.3) is 11.2 Å². The number of aliphatic hydroxyl groups is 3. The quantitative estimate of drug-likeness (QED) is 0.399. The average molecular weight is 387 g/mol. The molecule has 10 heteroatoms. The van der Waals surface area contributed by atoms with Gasteiger partial charge in [-0.1, -0.05) is 29.8 Å². The van der Waals surface area contributed by atoms with E-state index >= 15 is 0 Å². The predicted molar refractivity (Wildman–Crippen MR) is 99.7 cm³/mol. The summed E-state index contributed by atoms with van der Waals surface area (Å²) >= 11 is 0. The van der Waals surface area contributed by atoms with Gasteiger partial charge < -0.3 is 25.4 Å². The highest BCUT2D eigenvalue weighted by Crippen LogP contribution is 2.30. The number of nitrogens with one attached hydrogen (secondary N) is 2. The lowest BCUT2D eigenvalue weighted by atomic mass is 10.1. The van der Waals surface area contributed by atoms with Crippen molar-refractivity contribution in [3.8, 4) is 0 Å². The van der Waals surface area contributed by atoms with Crippen molar-refractivity contribution in [2.24, 2.45) is 0 Å². The van der Waals surface area contributed by atoms with Crippen LogP contribution in [0.5, 0.6) is 0 Å². The number of aryl methyl sites for hydroxylation is 1. The monoisotopic (exact) mass is 387 g/mol. The second kappa shape index (κ2) is 7.32. The summed E-state index contributed by atoms with van der Waals surface area (Å²) in [7, 11) is 0. The lowest BCUT2D eigenvalue weighted by Crippen LogP contribution is -2.33. The van der Waals surface area contributed by atoms with E-state index in [1.54, 1.807) is 0 Å². The van der Waals surface area contributed by atoms with Gasteiger partial charge in [-0.15, -0.1) is 0 Å². The number of hydrogen-bond donors (Lipinski definition) is 5. The number of aromatic nitrogens is 4. The number of benzene rings is 1. The molecule has 4 rings (SSSR count). The van der Waals surface area contributed by atoms with Gasteiger partial charge in [0.1, 0.15) is 18.3 Å². The fourth-order valence-electron chi connectivity index (χ4n) is 3.20. The maximum absolute atomic E-state index is 12.3. The van der Waals surface area contributed by atoms with Crippen LogP contribution in [0.3, 0.4) is 0 Å². The van der Waals surface area contributed by atoms with Gasteiger partial charge in [-0.05, 0) is 12.5 Å². The van der Waals surface area contributed by atoms with Crippen LogP contribution in [0.2, 0.25) is 0 Å². The summed E-state index contributed by atoms with van der Waals surface area (Å²) in [4.78, 5) is 23.4. The topological polar surface area (TPSA) is 146 Å². The normalized spacial score (nSPS) is 24.7. The zero-order valence-corrected chi connectivity index (χ0v) is 15.1. The van der Waals surface area contributed by atoms with Crippen molar-refractivity contribution < 1.29 is 20.1 Å². The Kier molecular flexibility index (Phi) is 4.85. The van der Waals surface area contributed by atoms with E-state index in [0.717, 1.165) is 11.1 Å². The summed E-state index contributed by atoms with van der Waals surface area (Å²) in [6.45, 7) is 2.01. The van der Waals surface area contributed by atoms with Crippen LogP contribution < -0.4 is 10.9 Å². The number of anilines is 1. The molecular weight excluding hydrogens is 366 g/mol. The highest BCUT2D eigenvalue weighted by atomic mass is 16.6. The van der Waals surface area contributed by atoms with E-state index in [4.69, 9.17) is 4.74 Å². The number of fused-ring (bicyclic) bond motifs is 1. The number of aliphatic hydroxyl groups excluding tert-OH is 3. The maximum atomic E-state index is 12.3. The molecule has 1 aliphatic heterocycles. The Balaban J connectivity index is 1.63. The lowest BCUT2D eigenvalue weighted by molar-refractivity contribution is -0.0511. The second-order valence-corrected chi connectivity index (χ2v) is 6.81. The molecule has 0 amide bonds. The highest BCUT2D eigenvalue weighted by Gasteiger charge is 2.44. The third-order valence-electron chi connectivity index (χ3n) is 4.80. The first kappa shape index (κ1) is 18.6. The summed E-state index contributed by atoms with van der Waals surface area (Å²) in [6.07, 6.45) is -3.18. The fourth-order valence-corrected chi connectivity index (χ4v) is 3.20. The number of rotatable bonds is 5.